The highest BCUT2D eigenvalue weighted by Crippen LogP contribution is 2.39. The molecule has 0 saturated carbocycles. The monoisotopic (exact) mass is 442 g/mol. The van der Waals surface area contributed by atoms with Crippen LogP contribution in [0.25, 0.3) is 0 Å². The van der Waals surface area contributed by atoms with Crippen molar-refractivity contribution in [3.8, 4) is 0 Å². The summed E-state index contributed by atoms with van der Waals surface area (Å²) in [5, 5.41) is 2.98. The number of piperazine rings is 1. The number of anilines is 1. The van der Waals surface area contributed by atoms with E-state index in [9.17, 15) is 9.59 Å². The van der Waals surface area contributed by atoms with E-state index in [-0.39, 0.29) is 23.6 Å². The SMILES string of the molecule is CC(C)NC(=O)N1CCC2(CC1)CC(CC(=O)N1CCN(c3ccccc3)CC1)CCO2. The Hall–Kier alpha value is -2.28. The number of ether oxygens (including phenoxy) is 1. The molecule has 0 aromatic heterocycles. The van der Waals surface area contributed by atoms with Crippen LogP contribution in [0.1, 0.15) is 46.0 Å². The Morgan fingerprint density at radius 2 is 1.72 bits per heavy atom. The van der Waals surface area contributed by atoms with Gasteiger partial charge in [-0.25, -0.2) is 4.79 Å². The highest BCUT2D eigenvalue weighted by atomic mass is 16.5. The number of likely N-dealkylation sites (tertiary alicyclic amines) is 1. The summed E-state index contributed by atoms with van der Waals surface area (Å²) in [5.74, 6) is 0.660. The molecule has 1 atom stereocenters. The Morgan fingerprint density at radius 3 is 2.38 bits per heavy atom. The Labute approximate surface area is 192 Å². The molecule has 32 heavy (non-hydrogen) atoms. The second kappa shape index (κ2) is 10.1. The van der Waals surface area contributed by atoms with E-state index in [1.807, 2.05) is 29.7 Å². The minimum atomic E-state index is -0.163. The number of rotatable bonds is 4. The molecular weight excluding hydrogens is 404 g/mol. The van der Waals surface area contributed by atoms with E-state index in [0.29, 0.717) is 12.3 Å². The molecule has 0 aliphatic carbocycles. The average Bonchev–Trinajstić information content (AvgIpc) is 2.80. The molecule has 7 heteroatoms. The van der Waals surface area contributed by atoms with E-state index < -0.39 is 0 Å². The van der Waals surface area contributed by atoms with Gasteiger partial charge in [0, 0.05) is 64.0 Å². The van der Waals surface area contributed by atoms with Crippen molar-refractivity contribution in [2.24, 2.45) is 5.92 Å². The maximum atomic E-state index is 13.0. The van der Waals surface area contributed by atoms with Gasteiger partial charge in [0.05, 0.1) is 5.60 Å². The number of benzene rings is 1. The molecule has 3 fully saturated rings. The van der Waals surface area contributed by atoms with Crippen LogP contribution < -0.4 is 10.2 Å². The van der Waals surface area contributed by atoms with Gasteiger partial charge in [-0.2, -0.15) is 0 Å². The van der Waals surface area contributed by atoms with Gasteiger partial charge in [0.25, 0.3) is 0 Å². The van der Waals surface area contributed by atoms with Gasteiger partial charge < -0.3 is 24.8 Å². The molecule has 1 spiro atoms. The van der Waals surface area contributed by atoms with Crippen LogP contribution in [-0.2, 0) is 9.53 Å². The Balaban J connectivity index is 1.24. The maximum absolute atomic E-state index is 13.0. The lowest BCUT2D eigenvalue weighted by atomic mass is 9.78. The van der Waals surface area contributed by atoms with E-state index in [2.05, 4.69) is 34.5 Å². The fraction of sp³-hybridized carbons (Fsp3) is 0.680. The van der Waals surface area contributed by atoms with Gasteiger partial charge >= 0.3 is 6.03 Å². The fourth-order valence-electron chi connectivity index (χ4n) is 5.34. The zero-order valence-electron chi connectivity index (χ0n) is 19.6. The minimum absolute atomic E-state index is 0.0204. The van der Waals surface area contributed by atoms with Gasteiger partial charge in [0.1, 0.15) is 0 Å². The second-order valence-corrected chi connectivity index (χ2v) is 9.89. The van der Waals surface area contributed by atoms with Crippen molar-refractivity contribution in [3.63, 3.8) is 0 Å². The Bertz CT molecular complexity index is 769. The predicted molar refractivity (Wildman–Crippen MR) is 126 cm³/mol. The number of urea groups is 1. The molecule has 176 valence electrons. The van der Waals surface area contributed by atoms with E-state index in [0.717, 1.165) is 71.6 Å². The van der Waals surface area contributed by atoms with Crippen molar-refractivity contribution in [2.45, 2.75) is 57.6 Å². The number of piperidine rings is 1. The van der Waals surface area contributed by atoms with Crippen molar-refractivity contribution < 1.29 is 14.3 Å². The lowest BCUT2D eigenvalue weighted by Crippen LogP contribution is -2.54. The molecule has 1 aromatic carbocycles. The van der Waals surface area contributed by atoms with Gasteiger partial charge in [0.2, 0.25) is 5.91 Å². The number of hydrogen-bond donors (Lipinski definition) is 1. The number of carbonyl (C=O) groups is 2. The van der Waals surface area contributed by atoms with Crippen molar-refractivity contribution in [1.29, 1.82) is 0 Å². The van der Waals surface area contributed by atoms with Gasteiger partial charge in [0.15, 0.2) is 0 Å². The van der Waals surface area contributed by atoms with E-state index in [1.54, 1.807) is 0 Å². The molecule has 0 radical (unpaired) electrons. The second-order valence-electron chi connectivity index (χ2n) is 9.89. The first kappa shape index (κ1) is 22.9. The normalized spacial score (nSPS) is 23.5. The van der Waals surface area contributed by atoms with Crippen molar-refractivity contribution >= 4 is 17.6 Å². The predicted octanol–water partition coefficient (Wildman–Crippen LogP) is 3.10. The number of amides is 3. The third-order valence-electron chi connectivity index (χ3n) is 7.19. The van der Waals surface area contributed by atoms with Crippen LogP contribution in [-0.4, -0.2) is 79.3 Å². The standard InChI is InChI=1S/C25H38N4O3/c1-20(2)26-24(31)29-11-9-25(10-12-29)19-21(8-17-32-25)18-23(30)28-15-13-27(14-16-28)22-6-4-3-5-7-22/h3-7,20-21H,8-19H2,1-2H3,(H,26,31). The largest absolute Gasteiger partial charge is 0.375 e. The Morgan fingerprint density at radius 1 is 1.03 bits per heavy atom. The molecule has 1 aromatic rings. The Kier molecular flexibility index (Phi) is 7.23. The first-order valence-electron chi connectivity index (χ1n) is 12.2. The quantitative estimate of drug-likeness (QED) is 0.778. The molecule has 3 amide bonds. The van der Waals surface area contributed by atoms with Gasteiger partial charge in [-0.1, -0.05) is 18.2 Å². The summed E-state index contributed by atoms with van der Waals surface area (Å²) in [5.41, 5.74) is 1.07. The van der Waals surface area contributed by atoms with Crippen molar-refractivity contribution in [1.82, 2.24) is 15.1 Å². The summed E-state index contributed by atoms with van der Waals surface area (Å²) in [6, 6.07) is 10.6. The minimum Gasteiger partial charge on any atom is -0.375 e. The molecule has 3 aliphatic heterocycles. The fourth-order valence-corrected chi connectivity index (χ4v) is 5.34. The summed E-state index contributed by atoms with van der Waals surface area (Å²) >= 11 is 0. The molecule has 0 bridgehead atoms. The number of hydrogen-bond acceptors (Lipinski definition) is 4. The molecule has 1 N–H and O–H groups in total. The molecule has 3 heterocycles. The number of para-hydroxylation sites is 1. The van der Waals surface area contributed by atoms with Crippen LogP contribution in [0.15, 0.2) is 30.3 Å². The third-order valence-corrected chi connectivity index (χ3v) is 7.19. The molecule has 3 aliphatic rings. The van der Waals surface area contributed by atoms with Crippen LogP contribution >= 0.6 is 0 Å². The summed E-state index contributed by atoms with van der Waals surface area (Å²) in [4.78, 5) is 31.6. The highest BCUT2D eigenvalue weighted by molar-refractivity contribution is 5.77. The third kappa shape index (κ3) is 5.55. The smallest absolute Gasteiger partial charge is 0.317 e. The van der Waals surface area contributed by atoms with Crippen LogP contribution in [0, 0.1) is 5.92 Å². The lowest BCUT2D eigenvalue weighted by molar-refractivity contribution is -0.140. The first-order chi connectivity index (χ1) is 15.4. The molecule has 1 unspecified atom stereocenters. The van der Waals surface area contributed by atoms with Gasteiger partial charge in [-0.15, -0.1) is 0 Å². The summed E-state index contributed by atoms with van der Waals surface area (Å²) < 4.78 is 6.25. The maximum Gasteiger partial charge on any atom is 0.317 e. The number of carbonyl (C=O) groups excluding carboxylic acids is 2. The molecule has 3 saturated heterocycles. The zero-order valence-corrected chi connectivity index (χ0v) is 19.6. The van der Waals surface area contributed by atoms with Gasteiger partial charge in [-0.3, -0.25) is 4.79 Å². The highest BCUT2D eigenvalue weighted by Gasteiger charge is 2.42. The molecule has 7 nitrogen and oxygen atoms in total. The topological polar surface area (TPSA) is 65.1 Å². The van der Waals surface area contributed by atoms with Gasteiger partial charge in [-0.05, 0) is 57.6 Å². The van der Waals surface area contributed by atoms with E-state index >= 15 is 0 Å². The van der Waals surface area contributed by atoms with Crippen LogP contribution in [0.3, 0.4) is 0 Å². The number of nitrogens with zero attached hydrogens (tertiary/aromatic N) is 3. The summed E-state index contributed by atoms with van der Waals surface area (Å²) in [6.45, 7) is 9.50. The average molecular weight is 443 g/mol. The van der Waals surface area contributed by atoms with Crippen LogP contribution in [0.2, 0.25) is 0 Å². The lowest BCUT2D eigenvalue weighted by Gasteiger charge is -2.46. The zero-order chi connectivity index (χ0) is 22.6. The number of nitrogens with one attached hydrogen (secondary N) is 1. The van der Waals surface area contributed by atoms with Crippen molar-refractivity contribution in [3.05, 3.63) is 30.3 Å². The summed E-state index contributed by atoms with van der Waals surface area (Å²) in [6.07, 6.45) is 4.23. The molecular formula is C25H38N4O3. The van der Waals surface area contributed by atoms with E-state index in [4.69, 9.17) is 4.74 Å². The van der Waals surface area contributed by atoms with Crippen LogP contribution in [0.4, 0.5) is 10.5 Å². The van der Waals surface area contributed by atoms with Crippen molar-refractivity contribution in [2.75, 3.05) is 50.8 Å². The van der Waals surface area contributed by atoms with Crippen LogP contribution in [0.5, 0.6) is 0 Å². The summed E-state index contributed by atoms with van der Waals surface area (Å²) in [7, 11) is 0. The molecule has 4 rings (SSSR count). The van der Waals surface area contributed by atoms with E-state index in [1.165, 1.54) is 5.69 Å². The first-order valence-corrected chi connectivity index (χ1v) is 12.2.